The van der Waals surface area contributed by atoms with Crippen molar-refractivity contribution in [1.29, 1.82) is 0 Å². The first-order valence-corrected chi connectivity index (χ1v) is 31.1. The quantitative estimate of drug-likeness (QED) is 0.0966. The number of hydrogen-bond donors (Lipinski definition) is 2. The Morgan fingerprint density at radius 1 is 0.560 bits per heavy atom. The van der Waals surface area contributed by atoms with Crippen LogP contribution < -0.4 is 10.6 Å². The van der Waals surface area contributed by atoms with E-state index in [0.717, 1.165) is 51.6 Å². The number of rotatable bonds is 14. The number of nitrogens with zero attached hydrogens (tertiary/aromatic N) is 10. The van der Waals surface area contributed by atoms with Crippen LogP contribution in [0.15, 0.2) is 147 Å². The summed E-state index contributed by atoms with van der Waals surface area (Å²) in [6.07, 6.45) is 9.69. The van der Waals surface area contributed by atoms with Gasteiger partial charge in [-0.15, -0.1) is 0 Å². The first kappa shape index (κ1) is 54.1. The Bertz CT molecular complexity index is 3450. The third-order valence-corrected chi connectivity index (χ3v) is 21.1. The summed E-state index contributed by atoms with van der Waals surface area (Å²) >= 11 is 0. The molecule has 22 nitrogen and oxygen atoms in total. The minimum atomic E-state index is -1.28. The molecule has 2 unspecified atom stereocenters. The number of nitrogens with one attached hydrogen (secondary N) is 2. The number of aromatic nitrogens is 8. The fraction of sp³-hybridized carbons (Fsp3) is 0.400. The normalized spacial score (nSPS) is 32.0. The molecule has 8 aliphatic heterocycles. The van der Waals surface area contributed by atoms with Crippen molar-refractivity contribution in [3.8, 4) is 0 Å². The van der Waals surface area contributed by atoms with Crippen LogP contribution in [-0.4, -0.2) is 134 Å². The Balaban J connectivity index is 0.000000143. The number of ether oxygens (including phenoxy) is 4. The van der Waals surface area contributed by atoms with Crippen molar-refractivity contribution in [2.75, 3.05) is 36.9 Å². The van der Waals surface area contributed by atoms with Crippen molar-refractivity contribution in [2.45, 2.75) is 125 Å². The van der Waals surface area contributed by atoms with Gasteiger partial charge in [-0.05, 0) is 73.9 Å². The number of amides is 2. The molecule has 24 heteroatoms. The first-order chi connectivity index (χ1) is 41.3. The van der Waals surface area contributed by atoms with E-state index in [0.29, 0.717) is 70.4 Å². The van der Waals surface area contributed by atoms with Gasteiger partial charge in [-0.3, -0.25) is 18.7 Å². The second-order valence-electron chi connectivity index (χ2n) is 22.3. The van der Waals surface area contributed by atoms with Gasteiger partial charge in [0, 0.05) is 36.3 Å². The second-order valence-corrected chi connectivity index (χ2v) is 25.1. The lowest BCUT2D eigenvalue weighted by molar-refractivity contribution is -0.172. The monoisotopic (exact) mass is 1170 g/mol. The molecule has 0 spiro atoms. The summed E-state index contributed by atoms with van der Waals surface area (Å²) in [5.74, 6) is 0.140. The SMILES string of the molecule is CC[C@@]12COC([C@H](n3cnc4c(NC(=O)c5ccccc5)ncnc43)O1)[C@H]2O[P@@]1O[C@H](c2ccccc2)[C@@H]2CCCN21.CC[C@@]12COC([C@H](n3cnc4c(NC(=O)c5ccccc5)ncnc43)O1)[C@H]2O[P@]1O[C@@H](c2ccccc2)[C@H]2CCCN21. The second kappa shape index (κ2) is 22.3. The Morgan fingerprint density at radius 3 is 1.37 bits per heavy atom. The number of hydrogen-bond acceptors (Lipinski definition) is 18. The molecular formula is C60H62N12O10P2. The summed E-state index contributed by atoms with van der Waals surface area (Å²) < 4.78 is 61.8. The van der Waals surface area contributed by atoms with E-state index in [4.69, 9.17) is 37.0 Å². The van der Waals surface area contributed by atoms with Gasteiger partial charge >= 0.3 is 0 Å². The smallest absolute Gasteiger partial charge is 0.260 e. The minimum Gasteiger partial charge on any atom is -0.368 e. The lowest BCUT2D eigenvalue weighted by Gasteiger charge is -2.31. The molecule has 8 fully saturated rings. The van der Waals surface area contributed by atoms with Gasteiger partial charge in [0.2, 0.25) is 0 Å². The average molecular weight is 1170 g/mol. The zero-order valence-corrected chi connectivity index (χ0v) is 47.9. The molecule has 16 rings (SSSR count). The number of fused-ring (bicyclic) bond motifs is 8. The molecule has 8 aliphatic rings. The van der Waals surface area contributed by atoms with Crippen LogP contribution in [0.5, 0.6) is 0 Å². The molecule has 0 radical (unpaired) electrons. The van der Waals surface area contributed by atoms with Gasteiger partial charge in [-0.1, -0.05) is 111 Å². The standard InChI is InChI=1S/2C30H31N6O5P/c2*1-2-30-16-38-24(25(30)41-42-36-15-9-14-21(36)23(40-42)19-10-5-3-6-11-19)29(39-30)35-18-33-22-26(31-17-32-27(22)35)34-28(37)20-12-7-4-8-13-20/h2*3-8,10-13,17-18,21,23-25,29H,2,9,14-16H2,1H3,(H,31,32,34,37)/t21-,23+,24?,25+,29+,30-,42+;21-,23+,24?,25-,29-,30+,42+/m01/s1. The fourth-order valence-corrected chi connectivity index (χ4v) is 17.3. The van der Waals surface area contributed by atoms with Crippen molar-refractivity contribution in [1.82, 2.24) is 48.4 Å². The third-order valence-electron chi connectivity index (χ3n) is 17.7. The lowest BCUT2D eigenvalue weighted by atomic mass is 9.96. The Hall–Kier alpha value is -6.62. The highest BCUT2D eigenvalue weighted by Gasteiger charge is 2.66. The van der Waals surface area contributed by atoms with Crippen LogP contribution in [0.4, 0.5) is 11.6 Å². The molecule has 8 saturated heterocycles. The highest BCUT2D eigenvalue weighted by Crippen LogP contribution is 2.65. The van der Waals surface area contributed by atoms with Crippen molar-refractivity contribution < 1.29 is 46.6 Å². The Labute approximate surface area is 486 Å². The number of carbonyl (C=O) groups excluding carboxylic acids is 2. The minimum absolute atomic E-state index is 0.00659. The molecule has 2 N–H and O–H groups in total. The van der Waals surface area contributed by atoms with E-state index in [9.17, 15) is 9.59 Å². The van der Waals surface area contributed by atoms with Crippen molar-refractivity contribution >= 4 is 62.8 Å². The molecule has 4 bridgehead atoms. The number of imidazole rings is 2. The van der Waals surface area contributed by atoms with Crippen molar-refractivity contribution in [3.63, 3.8) is 0 Å². The van der Waals surface area contributed by atoms with E-state index in [-0.39, 0.29) is 48.4 Å². The summed E-state index contributed by atoms with van der Waals surface area (Å²) in [6.45, 7) is 7.02. The molecule has 12 heterocycles. The highest BCUT2D eigenvalue weighted by atomic mass is 31.2. The maximum Gasteiger partial charge on any atom is 0.260 e. The predicted molar refractivity (Wildman–Crippen MR) is 309 cm³/mol. The third kappa shape index (κ3) is 9.33. The molecule has 4 aromatic carbocycles. The molecule has 0 saturated carbocycles. The molecule has 0 aliphatic carbocycles. The summed E-state index contributed by atoms with van der Waals surface area (Å²) in [6, 6.07) is 39.5. The van der Waals surface area contributed by atoms with E-state index in [1.54, 1.807) is 36.9 Å². The van der Waals surface area contributed by atoms with Crippen LogP contribution in [0, 0.1) is 0 Å². The number of benzene rings is 4. The summed E-state index contributed by atoms with van der Waals surface area (Å²) in [5, 5.41) is 5.74. The fourth-order valence-electron chi connectivity index (χ4n) is 13.3. The molecule has 8 aromatic rings. The molecular weight excluding hydrogens is 1110 g/mol. The van der Waals surface area contributed by atoms with Gasteiger partial charge in [-0.2, -0.15) is 0 Å². The Morgan fingerprint density at radius 2 is 0.964 bits per heavy atom. The number of carbonyl (C=O) groups is 2. The van der Waals surface area contributed by atoms with Gasteiger partial charge in [0.15, 0.2) is 46.4 Å². The summed E-state index contributed by atoms with van der Waals surface area (Å²) in [7, 11) is -2.57. The largest absolute Gasteiger partial charge is 0.368 e. The predicted octanol–water partition coefficient (Wildman–Crippen LogP) is 10.0. The lowest BCUT2D eigenvalue weighted by Crippen LogP contribution is -2.41. The van der Waals surface area contributed by atoms with E-state index in [2.05, 4.69) is 112 Å². The summed E-state index contributed by atoms with van der Waals surface area (Å²) in [5.41, 5.74) is 4.26. The molecule has 14 atom stereocenters. The maximum absolute atomic E-state index is 12.8. The van der Waals surface area contributed by atoms with E-state index in [1.165, 1.54) is 23.8 Å². The van der Waals surface area contributed by atoms with Crippen LogP contribution in [0.25, 0.3) is 22.3 Å². The van der Waals surface area contributed by atoms with Gasteiger partial charge < -0.3 is 47.7 Å². The van der Waals surface area contributed by atoms with Gasteiger partial charge in [0.05, 0.1) is 25.9 Å². The van der Waals surface area contributed by atoms with Crippen LogP contribution in [0.3, 0.4) is 0 Å². The zero-order valence-electron chi connectivity index (χ0n) is 46.2. The van der Waals surface area contributed by atoms with Gasteiger partial charge in [-0.25, -0.2) is 39.2 Å². The molecule has 2 amide bonds. The van der Waals surface area contributed by atoms with Crippen LogP contribution in [0.2, 0.25) is 0 Å². The molecule has 84 heavy (non-hydrogen) atoms. The molecule has 432 valence electrons. The van der Waals surface area contributed by atoms with Gasteiger partial charge in [0.25, 0.3) is 28.9 Å². The Kier molecular flexibility index (Phi) is 14.4. The summed E-state index contributed by atoms with van der Waals surface area (Å²) in [4.78, 5) is 52.4. The molecule has 4 aromatic heterocycles. The maximum atomic E-state index is 12.8. The first-order valence-electron chi connectivity index (χ1n) is 28.9. The van der Waals surface area contributed by atoms with Crippen LogP contribution >= 0.6 is 17.1 Å². The van der Waals surface area contributed by atoms with E-state index >= 15 is 0 Å². The van der Waals surface area contributed by atoms with Crippen molar-refractivity contribution in [3.05, 3.63) is 169 Å². The average Bonchev–Trinajstić information content (AvgIpc) is 2.04. The van der Waals surface area contributed by atoms with Crippen LogP contribution in [-0.2, 0) is 37.0 Å². The van der Waals surface area contributed by atoms with Crippen LogP contribution in [0.1, 0.15) is 109 Å². The zero-order chi connectivity index (χ0) is 56.5. The highest BCUT2D eigenvalue weighted by molar-refractivity contribution is 7.45. The van der Waals surface area contributed by atoms with E-state index in [1.807, 2.05) is 57.7 Å². The number of anilines is 2. The van der Waals surface area contributed by atoms with Crippen molar-refractivity contribution in [2.24, 2.45) is 0 Å². The van der Waals surface area contributed by atoms with E-state index < -0.39 is 40.7 Å². The topological polar surface area (TPSA) is 226 Å². The van der Waals surface area contributed by atoms with Gasteiger partial charge in [0.1, 0.15) is 60.5 Å².